The summed E-state index contributed by atoms with van der Waals surface area (Å²) in [5.41, 5.74) is 14.7. The molecule has 1 aliphatic carbocycles. The van der Waals surface area contributed by atoms with Crippen molar-refractivity contribution in [3.05, 3.63) is 88.0 Å². The molecule has 0 bridgehead atoms. The molecule has 1 heterocycles. The van der Waals surface area contributed by atoms with Gasteiger partial charge in [0.05, 0.1) is 0 Å². The summed E-state index contributed by atoms with van der Waals surface area (Å²) in [5, 5.41) is 10.2. The minimum atomic E-state index is 0.115. The summed E-state index contributed by atoms with van der Waals surface area (Å²) >= 11 is 0. The van der Waals surface area contributed by atoms with E-state index in [1.165, 1.54) is 45.3 Å². The number of hydrogen-bond acceptors (Lipinski definition) is 2. The van der Waals surface area contributed by atoms with Gasteiger partial charge in [0.25, 0.3) is 0 Å². The fraction of sp³-hybridized carbons (Fsp3) is 0.355. The number of aliphatic imine (C=N–C) groups is 1. The Bertz CT molecular complexity index is 1330. The average molecular weight is 450 g/mol. The summed E-state index contributed by atoms with van der Waals surface area (Å²) in [7, 11) is 0. The van der Waals surface area contributed by atoms with Crippen molar-refractivity contribution in [2.75, 3.05) is 6.54 Å². The van der Waals surface area contributed by atoms with Gasteiger partial charge < -0.3 is 5.73 Å². The number of allylic oxidation sites excluding steroid dienone is 1. The molecule has 3 aromatic carbocycles. The third kappa shape index (κ3) is 4.32. The molecule has 1 saturated carbocycles. The fourth-order valence-corrected chi connectivity index (χ4v) is 5.31. The van der Waals surface area contributed by atoms with Crippen LogP contribution in [-0.4, -0.2) is 18.1 Å². The molecule has 3 heteroatoms. The number of nitrogens with zero attached hydrogens (tertiary/aromatic N) is 1. The van der Waals surface area contributed by atoms with Crippen molar-refractivity contribution in [3.63, 3.8) is 0 Å². The lowest BCUT2D eigenvalue weighted by molar-refractivity contribution is 0.836. The number of nitrogens with two attached hydrogens (primary N) is 1. The van der Waals surface area contributed by atoms with Crippen LogP contribution in [0.1, 0.15) is 79.3 Å². The van der Waals surface area contributed by atoms with Gasteiger partial charge in [-0.1, -0.05) is 76.2 Å². The first-order valence-corrected chi connectivity index (χ1v) is 12.6. The van der Waals surface area contributed by atoms with Crippen LogP contribution >= 0.6 is 0 Å². The zero-order valence-corrected chi connectivity index (χ0v) is 20.7. The molecule has 3 N–H and O–H groups in total. The molecule has 5 rings (SSSR count). The second kappa shape index (κ2) is 8.87. The number of amidine groups is 1. The normalized spacial score (nSPS) is 19.6. The minimum Gasteiger partial charge on any atom is -0.384 e. The summed E-state index contributed by atoms with van der Waals surface area (Å²) in [6, 6.07) is 18.0. The molecular formula is C31H35N3. The lowest BCUT2D eigenvalue weighted by atomic mass is 9.89. The highest BCUT2D eigenvalue weighted by Crippen LogP contribution is 2.55. The minimum absolute atomic E-state index is 0.115. The molecule has 3 nitrogen and oxygen atoms in total. The molecule has 1 fully saturated rings. The Morgan fingerprint density at radius 1 is 1.00 bits per heavy atom. The van der Waals surface area contributed by atoms with Crippen LogP contribution in [0.4, 0.5) is 0 Å². The molecule has 2 aliphatic rings. The molecule has 0 radical (unpaired) electrons. The van der Waals surface area contributed by atoms with Crippen molar-refractivity contribution in [2.24, 2.45) is 22.6 Å². The standard InChI is InChI=1S/C31H35N3/c1-18(2)5-6-21-13-25(14-22-9-10-24(31(32)33)16-26(21)22)28-17-27(28)23-8-7-20-11-12-34-30(19(3)4)29(20)15-23/h5-10,13-16,18-19,27-28H,11-12,17H2,1-4H3,(H3,32,33)/b6-5+. The average Bonchev–Trinajstić information content (AvgIpc) is 3.62. The molecule has 1 aliphatic heterocycles. The number of nitrogens with one attached hydrogen (secondary N) is 1. The van der Waals surface area contributed by atoms with E-state index >= 15 is 0 Å². The number of rotatable bonds is 6. The van der Waals surface area contributed by atoms with Gasteiger partial charge in [0.2, 0.25) is 0 Å². The quantitative estimate of drug-likeness (QED) is 0.307. The predicted octanol–water partition coefficient (Wildman–Crippen LogP) is 7.07. The van der Waals surface area contributed by atoms with Crippen molar-refractivity contribution >= 4 is 28.4 Å². The Labute approximate surface area is 203 Å². The van der Waals surface area contributed by atoms with Crippen LogP contribution in [0.25, 0.3) is 16.8 Å². The monoisotopic (exact) mass is 449 g/mol. The third-order valence-corrected chi connectivity index (χ3v) is 7.25. The van der Waals surface area contributed by atoms with Gasteiger partial charge in [-0.15, -0.1) is 0 Å². The number of fused-ring (bicyclic) bond motifs is 2. The zero-order chi connectivity index (χ0) is 24.0. The molecule has 0 spiro atoms. The second-order valence-corrected chi connectivity index (χ2v) is 10.6. The van der Waals surface area contributed by atoms with Crippen LogP contribution in [0.15, 0.2) is 59.6 Å². The molecule has 0 aromatic heterocycles. The lowest BCUT2D eigenvalue weighted by Gasteiger charge is -2.20. The van der Waals surface area contributed by atoms with E-state index < -0.39 is 0 Å². The van der Waals surface area contributed by atoms with E-state index in [4.69, 9.17) is 16.1 Å². The summed E-state index contributed by atoms with van der Waals surface area (Å²) < 4.78 is 0. The third-order valence-electron chi connectivity index (χ3n) is 7.25. The van der Waals surface area contributed by atoms with E-state index in [0.717, 1.165) is 23.9 Å². The highest BCUT2D eigenvalue weighted by Gasteiger charge is 2.40. The van der Waals surface area contributed by atoms with Crippen LogP contribution in [0.2, 0.25) is 0 Å². The Hall–Kier alpha value is -3.20. The van der Waals surface area contributed by atoms with Gasteiger partial charge in [0.15, 0.2) is 0 Å². The number of benzene rings is 3. The summed E-state index contributed by atoms with van der Waals surface area (Å²) in [6.07, 6.45) is 6.73. The van der Waals surface area contributed by atoms with E-state index in [1.54, 1.807) is 0 Å². The zero-order valence-electron chi connectivity index (χ0n) is 20.7. The highest BCUT2D eigenvalue weighted by molar-refractivity contribution is 6.04. The van der Waals surface area contributed by atoms with Crippen molar-refractivity contribution in [3.8, 4) is 0 Å². The van der Waals surface area contributed by atoms with E-state index in [2.05, 4.69) is 82.3 Å². The maximum Gasteiger partial charge on any atom is 0.122 e. The van der Waals surface area contributed by atoms with E-state index in [-0.39, 0.29) is 5.84 Å². The maximum atomic E-state index is 7.85. The van der Waals surface area contributed by atoms with Crippen molar-refractivity contribution in [1.29, 1.82) is 5.41 Å². The van der Waals surface area contributed by atoms with Gasteiger partial charge >= 0.3 is 0 Å². The van der Waals surface area contributed by atoms with Gasteiger partial charge in [-0.25, -0.2) is 0 Å². The lowest BCUT2D eigenvalue weighted by Crippen LogP contribution is -2.18. The largest absolute Gasteiger partial charge is 0.384 e. The van der Waals surface area contributed by atoms with E-state index in [1.807, 2.05) is 6.07 Å². The first-order chi connectivity index (χ1) is 16.3. The van der Waals surface area contributed by atoms with Crippen LogP contribution in [0.5, 0.6) is 0 Å². The maximum absolute atomic E-state index is 7.85. The molecule has 34 heavy (non-hydrogen) atoms. The SMILES string of the molecule is CC(C)/C=C/c1cc(C2CC2c2ccc3c(c2)C(C(C)C)=NCC3)cc2ccc(C(=N)N)cc12. The van der Waals surface area contributed by atoms with Gasteiger partial charge in [0.1, 0.15) is 5.84 Å². The number of nitrogen functional groups attached to an aromatic ring is 1. The Morgan fingerprint density at radius 3 is 2.53 bits per heavy atom. The fourth-order valence-electron chi connectivity index (χ4n) is 5.31. The van der Waals surface area contributed by atoms with Gasteiger partial charge in [-0.3, -0.25) is 10.4 Å². The second-order valence-electron chi connectivity index (χ2n) is 10.6. The van der Waals surface area contributed by atoms with Crippen LogP contribution < -0.4 is 5.73 Å². The Balaban J connectivity index is 1.50. The summed E-state index contributed by atoms with van der Waals surface area (Å²) in [5.74, 6) is 2.17. The molecule has 2 unspecified atom stereocenters. The summed E-state index contributed by atoms with van der Waals surface area (Å²) in [4.78, 5) is 4.85. The summed E-state index contributed by atoms with van der Waals surface area (Å²) in [6.45, 7) is 9.82. The Kier molecular flexibility index (Phi) is 5.89. The first-order valence-electron chi connectivity index (χ1n) is 12.6. The van der Waals surface area contributed by atoms with E-state index in [9.17, 15) is 0 Å². The van der Waals surface area contributed by atoms with Crippen molar-refractivity contribution in [1.82, 2.24) is 0 Å². The van der Waals surface area contributed by atoms with Crippen molar-refractivity contribution in [2.45, 2.75) is 52.4 Å². The van der Waals surface area contributed by atoms with Gasteiger partial charge in [0, 0.05) is 17.8 Å². The molecule has 0 saturated heterocycles. The van der Waals surface area contributed by atoms with Gasteiger partial charge in [-0.05, 0) is 87.2 Å². The Morgan fingerprint density at radius 2 is 1.79 bits per heavy atom. The molecular weight excluding hydrogens is 414 g/mol. The predicted molar refractivity (Wildman–Crippen MR) is 145 cm³/mol. The van der Waals surface area contributed by atoms with Crippen molar-refractivity contribution < 1.29 is 0 Å². The molecule has 0 amide bonds. The van der Waals surface area contributed by atoms with Crippen LogP contribution in [0.3, 0.4) is 0 Å². The molecule has 174 valence electrons. The molecule has 3 aromatic rings. The van der Waals surface area contributed by atoms with Crippen LogP contribution in [0, 0.1) is 17.2 Å². The topological polar surface area (TPSA) is 62.2 Å². The molecule has 2 atom stereocenters. The van der Waals surface area contributed by atoms with Crippen LogP contribution in [-0.2, 0) is 6.42 Å². The first kappa shape index (κ1) is 22.6. The van der Waals surface area contributed by atoms with Gasteiger partial charge in [-0.2, -0.15) is 0 Å². The van der Waals surface area contributed by atoms with E-state index in [0.29, 0.717) is 23.7 Å². The highest BCUT2D eigenvalue weighted by atomic mass is 14.8. The smallest absolute Gasteiger partial charge is 0.122 e. The number of hydrogen-bond donors (Lipinski definition) is 2.